The smallest absolute Gasteiger partial charge is 0.289 e. The number of nitrogens with two attached hydrogens (primary N) is 4. The fourth-order valence-corrected chi connectivity index (χ4v) is 0.986. The molecule has 114 valence electrons. The van der Waals surface area contributed by atoms with Gasteiger partial charge in [-0.25, -0.2) is 9.98 Å². The minimum absolute atomic E-state index is 0.00190. The molecule has 0 unspecified atom stereocenters. The van der Waals surface area contributed by atoms with Gasteiger partial charge in [-0.15, -0.1) is 0 Å². The van der Waals surface area contributed by atoms with E-state index in [9.17, 15) is 0 Å². The Balaban J connectivity index is 4.23. The number of rotatable bonds is 5. The standard InChI is InChI=1S/C10H22N8O2/c1-3-19-9(13)17-7(11)15-5-6-16-8(12)18-10(14)20-4-2/h3-6H2,1-2H3,(H4,11,13,15,17)(H4,12,14,16,18). The van der Waals surface area contributed by atoms with Crippen LogP contribution in [0.1, 0.15) is 13.8 Å². The minimum Gasteiger partial charge on any atom is -0.465 e. The molecule has 0 saturated carbocycles. The minimum atomic E-state index is -0.0362. The van der Waals surface area contributed by atoms with E-state index in [1.807, 2.05) is 0 Å². The zero-order valence-corrected chi connectivity index (χ0v) is 11.7. The molecule has 0 aromatic heterocycles. The zero-order chi connectivity index (χ0) is 15.4. The van der Waals surface area contributed by atoms with E-state index in [2.05, 4.69) is 20.0 Å². The molecule has 0 aliphatic rings. The molecule has 10 heteroatoms. The number of guanidine groups is 2. The van der Waals surface area contributed by atoms with Crippen LogP contribution in [0.15, 0.2) is 20.0 Å². The molecule has 0 aromatic carbocycles. The molecule has 0 atom stereocenters. The second-order valence-corrected chi connectivity index (χ2v) is 3.25. The summed E-state index contributed by atoms with van der Waals surface area (Å²) < 4.78 is 9.80. The molecule has 0 aliphatic heterocycles. The first-order chi connectivity index (χ1) is 9.49. The molecule has 0 spiro atoms. The number of aliphatic imine (C=N–C) groups is 4. The van der Waals surface area contributed by atoms with E-state index in [1.165, 1.54) is 0 Å². The lowest BCUT2D eigenvalue weighted by atomic mass is 10.6. The van der Waals surface area contributed by atoms with E-state index in [1.54, 1.807) is 13.8 Å². The highest BCUT2D eigenvalue weighted by molar-refractivity contribution is 5.91. The molecule has 0 rings (SSSR count). The summed E-state index contributed by atoms with van der Waals surface area (Å²) in [5, 5.41) is 0. The Morgan fingerprint density at radius 3 is 1.40 bits per heavy atom. The number of hydrogen-bond acceptors (Lipinski definition) is 4. The molecule has 0 heterocycles. The number of amidine groups is 2. The van der Waals surface area contributed by atoms with Gasteiger partial charge in [0.2, 0.25) is 11.9 Å². The van der Waals surface area contributed by atoms with Crippen LogP contribution in [0.4, 0.5) is 0 Å². The monoisotopic (exact) mass is 286 g/mol. The summed E-state index contributed by atoms with van der Waals surface area (Å²) in [6.07, 6.45) is 0. The van der Waals surface area contributed by atoms with Crippen molar-refractivity contribution in [3.8, 4) is 0 Å². The first-order valence-electron chi connectivity index (χ1n) is 6.03. The third-order valence-corrected chi connectivity index (χ3v) is 1.68. The summed E-state index contributed by atoms with van der Waals surface area (Å²) in [7, 11) is 0. The molecule has 10 nitrogen and oxygen atoms in total. The highest BCUT2D eigenvalue weighted by Crippen LogP contribution is 1.82. The molecule has 0 fully saturated rings. The number of hydrogen-bond donors (Lipinski definition) is 4. The molecule has 0 amide bonds. The lowest BCUT2D eigenvalue weighted by molar-refractivity contribution is 0.322. The van der Waals surface area contributed by atoms with Crippen molar-refractivity contribution in [1.29, 1.82) is 0 Å². The third kappa shape index (κ3) is 9.50. The summed E-state index contributed by atoms with van der Waals surface area (Å²) in [5.41, 5.74) is 21.8. The van der Waals surface area contributed by atoms with Gasteiger partial charge in [-0.2, -0.15) is 9.98 Å². The van der Waals surface area contributed by atoms with Crippen molar-refractivity contribution >= 4 is 24.0 Å². The predicted molar refractivity (Wildman–Crippen MR) is 79.5 cm³/mol. The molecular weight excluding hydrogens is 264 g/mol. The lowest BCUT2D eigenvalue weighted by Crippen LogP contribution is -2.22. The maximum Gasteiger partial charge on any atom is 0.289 e. The second kappa shape index (κ2) is 10.4. The van der Waals surface area contributed by atoms with Crippen LogP contribution in [-0.2, 0) is 9.47 Å². The predicted octanol–water partition coefficient (Wildman–Crippen LogP) is -1.68. The second-order valence-electron chi connectivity index (χ2n) is 3.25. The first kappa shape index (κ1) is 17.5. The van der Waals surface area contributed by atoms with E-state index >= 15 is 0 Å². The van der Waals surface area contributed by atoms with Crippen molar-refractivity contribution in [2.75, 3.05) is 26.3 Å². The Morgan fingerprint density at radius 1 is 0.750 bits per heavy atom. The topological polar surface area (TPSA) is 172 Å². The molecular formula is C10H22N8O2. The fourth-order valence-electron chi connectivity index (χ4n) is 0.986. The van der Waals surface area contributed by atoms with Crippen LogP contribution in [0, 0.1) is 0 Å². The van der Waals surface area contributed by atoms with Gasteiger partial charge in [0, 0.05) is 0 Å². The van der Waals surface area contributed by atoms with E-state index in [0.717, 1.165) is 0 Å². The largest absolute Gasteiger partial charge is 0.465 e. The van der Waals surface area contributed by atoms with Gasteiger partial charge in [-0.05, 0) is 13.8 Å². The summed E-state index contributed by atoms with van der Waals surface area (Å²) >= 11 is 0. The number of nitrogens with zero attached hydrogens (tertiary/aromatic N) is 4. The molecule has 0 bridgehead atoms. The molecule has 8 N–H and O–H groups in total. The van der Waals surface area contributed by atoms with Crippen molar-refractivity contribution in [3.63, 3.8) is 0 Å². The van der Waals surface area contributed by atoms with Crippen LogP contribution in [0.25, 0.3) is 0 Å². The lowest BCUT2D eigenvalue weighted by Gasteiger charge is -2.00. The van der Waals surface area contributed by atoms with Crippen molar-refractivity contribution < 1.29 is 9.47 Å². The van der Waals surface area contributed by atoms with E-state index in [0.29, 0.717) is 13.2 Å². The summed E-state index contributed by atoms with van der Waals surface area (Å²) in [5.74, 6) is 0.00380. The van der Waals surface area contributed by atoms with Crippen molar-refractivity contribution in [3.05, 3.63) is 0 Å². The van der Waals surface area contributed by atoms with Gasteiger partial charge in [0.15, 0.2) is 0 Å². The van der Waals surface area contributed by atoms with Gasteiger partial charge < -0.3 is 32.4 Å². The van der Waals surface area contributed by atoms with Gasteiger partial charge in [-0.3, -0.25) is 0 Å². The van der Waals surface area contributed by atoms with Crippen LogP contribution < -0.4 is 22.9 Å². The van der Waals surface area contributed by atoms with Crippen molar-refractivity contribution in [2.45, 2.75) is 13.8 Å². The van der Waals surface area contributed by atoms with Crippen LogP contribution in [0.2, 0.25) is 0 Å². The Hall–Kier alpha value is -2.52. The van der Waals surface area contributed by atoms with E-state index in [4.69, 9.17) is 32.4 Å². The van der Waals surface area contributed by atoms with Crippen molar-refractivity contribution in [1.82, 2.24) is 0 Å². The summed E-state index contributed by atoms with van der Waals surface area (Å²) in [6, 6.07) is -0.0725. The zero-order valence-electron chi connectivity index (χ0n) is 11.7. The van der Waals surface area contributed by atoms with E-state index < -0.39 is 0 Å². The normalized spacial score (nSPS) is 14.3. The first-order valence-corrected chi connectivity index (χ1v) is 6.03. The molecule has 0 aliphatic carbocycles. The highest BCUT2D eigenvalue weighted by Gasteiger charge is 1.95. The van der Waals surface area contributed by atoms with Gasteiger partial charge in [0.05, 0.1) is 26.3 Å². The Kier molecular flexibility index (Phi) is 9.10. The number of ether oxygens (including phenoxy) is 2. The molecule has 0 saturated heterocycles. The highest BCUT2D eigenvalue weighted by atomic mass is 16.5. The Labute approximate surface area is 117 Å². The van der Waals surface area contributed by atoms with Crippen LogP contribution in [0.3, 0.4) is 0 Å². The van der Waals surface area contributed by atoms with Gasteiger partial charge in [0.25, 0.3) is 12.0 Å². The van der Waals surface area contributed by atoms with Gasteiger partial charge >= 0.3 is 0 Å². The fraction of sp³-hybridized carbons (Fsp3) is 0.600. The maximum absolute atomic E-state index is 5.50. The van der Waals surface area contributed by atoms with Gasteiger partial charge in [-0.1, -0.05) is 0 Å². The molecule has 0 radical (unpaired) electrons. The average Bonchev–Trinajstić information content (AvgIpc) is 2.35. The molecule has 20 heavy (non-hydrogen) atoms. The Bertz CT molecular complexity index is 364. The van der Waals surface area contributed by atoms with Crippen molar-refractivity contribution in [2.24, 2.45) is 42.9 Å². The van der Waals surface area contributed by atoms with Crippen LogP contribution in [0.5, 0.6) is 0 Å². The maximum atomic E-state index is 5.50. The quantitative estimate of drug-likeness (QED) is 0.267. The van der Waals surface area contributed by atoms with E-state index in [-0.39, 0.29) is 37.1 Å². The third-order valence-electron chi connectivity index (χ3n) is 1.68. The SMILES string of the molecule is CCOC(N)=NC(N)=NCCN=C(N)N=C(N)OCC. The van der Waals surface area contributed by atoms with Gasteiger partial charge in [0.1, 0.15) is 0 Å². The summed E-state index contributed by atoms with van der Waals surface area (Å²) in [6.45, 7) is 4.92. The summed E-state index contributed by atoms with van der Waals surface area (Å²) in [4.78, 5) is 15.2. The molecule has 0 aromatic rings. The van der Waals surface area contributed by atoms with Crippen LogP contribution >= 0.6 is 0 Å². The average molecular weight is 286 g/mol. The Morgan fingerprint density at radius 2 is 1.10 bits per heavy atom. The van der Waals surface area contributed by atoms with Crippen LogP contribution in [-0.4, -0.2) is 50.3 Å².